The third-order valence-electron chi connectivity index (χ3n) is 4.72. The summed E-state index contributed by atoms with van der Waals surface area (Å²) < 4.78 is 58.7. The largest absolute Gasteiger partial charge is 0.450 e. The summed E-state index contributed by atoms with van der Waals surface area (Å²) >= 11 is 0.996. The Kier molecular flexibility index (Phi) is 5.79. The molecule has 158 valence electrons. The van der Waals surface area contributed by atoms with Crippen molar-refractivity contribution in [2.75, 3.05) is 5.75 Å². The van der Waals surface area contributed by atoms with E-state index in [9.17, 15) is 27.2 Å². The van der Waals surface area contributed by atoms with Gasteiger partial charge in [0.05, 0.1) is 22.8 Å². The van der Waals surface area contributed by atoms with Gasteiger partial charge in [-0.2, -0.15) is 23.7 Å². The van der Waals surface area contributed by atoms with E-state index in [-0.39, 0.29) is 16.9 Å². The number of Topliss-reactive ketones (excluding diaryl/α,β-unsaturated/α-hetero) is 1. The van der Waals surface area contributed by atoms with E-state index in [0.717, 1.165) is 30.0 Å². The van der Waals surface area contributed by atoms with Gasteiger partial charge in [0.2, 0.25) is 0 Å². The first-order valence-corrected chi connectivity index (χ1v) is 9.69. The molecule has 0 radical (unpaired) electrons. The Balaban J connectivity index is 1.86. The molecule has 0 spiro atoms. The molecular weight excluding hydrogens is 436 g/mol. The van der Waals surface area contributed by atoms with Crippen molar-refractivity contribution in [1.29, 1.82) is 10.5 Å². The second-order valence-electron chi connectivity index (χ2n) is 6.91. The molecule has 0 saturated carbocycles. The predicted molar refractivity (Wildman–Crippen MR) is 100 cm³/mol. The highest BCUT2D eigenvalue weighted by atomic mass is 32.2. The Morgan fingerprint density at radius 2 is 1.74 bits per heavy atom. The fourth-order valence-electron chi connectivity index (χ4n) is 3.10. The number of ketones is 1. The molecule has 2 unspecified atom stereocenters. The molecule has 1 fully saturated rings. The van der Waals surface area contributed by atoms with Gasteiger partial charge in [0, 0.05) is 10.6 Å². The molecule has 0 N–H and O–H groups in total. The van der Waals surface area contributed by atoms with Gasteiger partial charge in [0.1, 0.15) is 17.8 Å². The van der Waals surface area contributed by atoms with E-state index in [4.69, 9.17) is 15.3 Å². The molecule has 0 bridgehead atoms. The van der Waals surface area contributed by atoms with Crippen LogP contribution in [0.3, 0.4) is 0 Å². The lowest BCUT2D eigenvalue weighted by Gasteiger charge is -2.20. The standard InChI is InChI=1S/C21H12F4N2O3S/c1-20(10-31-14-5-4-13(9-27)16(22)7-14)18(28)17(19(29)30-20)11-2-3-12(8-26)15(6-11)21(23,24)25/h2-7,17H,10H2,1H3. The van der Waals surface area contributed by atoms with E-state index in [1.165, 1.54) is 25.1 Å². The van der Waals surface area contributed by atoms with Crippen LogP contribution >= 0.6 is 11.8 Å². The zero-order valence-electron chi connectivity index (χ0n) is 15.8. The molecule has 2 aromatic rings. The molecule has 5 nitrogen and oxygen atoms in total. The van der Waals surface area contributed by atoms with Crippen molar-refractivity contribution in [2.24, 2.45) is 0 Å². The molecule has 0 amide bonds. The lowest BCUT2D eigenvalue weighted by molar-refractivity contribution is -0.148. The van der Waals surface area contributed by atoms with Gasteiger partial charge < -0.3 is 4.74 Å². The third-order valence-corrected chi connectivity index (χ3v) is 6.01. The maximum absolute atomic E-state index is 13.8. The minimum atomic E-state index is -4.84. The van der Waals surface area contributed by atoms with Crippen LogP contribution in [0.2, 0.25) is 0 Å². The number of nitriles is 2. The highest BCUT2D eigenvalue weighted by Crippen LogP contribution is 2.40. The maximum atomic E-state index is 13.8. The lowest BCUT2D eigenvalue weighted by Crippen LogP contribution is -2.36. The number of thioether (sulfide) groups is 1. The Hall–Kier alpha value is -3.37. The lowest BCUT2D eigenvalue weighted by atomic mass is 9.88. The number of alkyl halides is 3. The molecule has 1 aliphatic rings. The first-order chi connectivity index (χ1) is 14.5. The smallest absolute Gasteiger partial charge is 0.417 e. The van der Waals surface area contributed by atoms with Crippen LogP contribution in [0.25, 0.3) is 0 Å². The van der Waals surface area contributed by atoms with E-state index < -0.39 is 46.4 Å². The van der Waals surface area contributed by atoms with E-state index >= 15 is 0 Å². The van der Waals surface area contributed by atoms with Gasteiger partial charge in [-0.15, -0.1) is 11.8 Å². The summed E-state index contributed by atoms with van der Waals surface area (Å²) in [5, 5.41) is 17.7. The average Bonchev–Trinajstić information content (AvgIpc) is 2.94. The average molecular weight is 448 g/mol. The SMILES string of the molecule is CC1(CSc2ccc(C#N)c(F)c2)OC(=O)C(c2ccc(C#N)c(C(F)(F)F)c2)C1=O. The van der Waals surface area contributed by atoms with Crippen molar-refractivity contribution >= 4 is 23.5 Å². The van der Waals surface area contributed by atoms with E-state index in [1.54, 1.807) is 6.07 Å². The molecule has 1 saturated heterocycles. The highest BCUT2D eigenvalue weighted by molar-refractivity contribution is 7.99. The Morgan fingerprint density at radius 3 is 2.32 bits per heavy atom. The summed E-state index contributed by atoms with van der Waals surface area (Å²) in [4.78, 5) is 25.7. The second kappa shape index (κ2) is 8.05. The van der Waals surface area contributed by atoms with Crippen LogP contribution < -0.4 is 0 Å². The van der Waals surface area contributed by atoms with Crippen molar-refractivity contribution in [3.63, 3.8) is 0 Å². The summed E-state index contributed by atoms with van der Waals surface area (Å²) in [6.45, 7) is 1.33. The first kappa shape index (κ1) is 22.3. The Labute approximate surface area is 178 Å². The molecule has 0 aliphatic carbocycles. The van der Waals surface area contributed by atoms with Crippen LogP contribution in [-0.2, 0) is 20.5 Å². The molecule has 1 aliphatic heterocycles. The van der Waals surface area contributed by atoms with E-state index in [0.29, 0.717) is 11.0 Å². The second-order valence-corrected chi connectivity index (χ2v) is 7.95. The number of carbonyl (C=O) groups is 2. The normalized spacial score (nSPS) is 20.8. The number of benzene rings is 2. The minimum absolute atomic E-state index is 0.109. The van der Waals surface area contributed by atoms with Crippen molar-refractivity contribution in [3.8, 4) is 12.1 Å². The van der Waals surface area contributed by atoms with Gasteiger partial charge in [-0.3, -0.25) is 9.59 Å². The molecule has 1 heterocycles. The number of hydrogen-bond acceptors (Lipinski definition) is 6. The van der Waals surface area contributed by atoms with Crippen LogP contribution in [0.15, 0.2) is 41.3 Å². The summed E-state index contributed by atoms with van der Waals surface area (Å²) in [5.74, 6) is -4.17. The summed E-state index contributed by atoms with van der Waals surface area (Å²) in [6.07, 6.45) is -4.84. The maximum Gasteiger partial charge on any atom is 0.417 e. The van der Waals surface area contributed by atoms with Gasteiger partial charge >= 0.3 is 12.1 Å². The fourth-order valence-corrected chi connectivity index (χ4v) is 4.10. The number of rotatable bonds is 4. The number of nitrogens with zero attached hydrogens (tertiary/aromatic N) is 2. The zero-order valence-corrected chi connectivity index (χ0v) is 16.6. The quantitative estimate of drug-likeness (QED) is 0.299. The van der Waals surface area contributed by atoms with Crippen molar-refractivity contribution in [3.05, 3.63) is 64.5 Å². The third kappa shape index (κ3) is 4.25. The number of cyclic esters (lactones) is 1. The molecule has 2 atom stereocenters. The predicted octanol–water partition coefficient (Wildman–Crippen LogP) is 4.35. The summed E-state index contributed by atoms with van der Waals surface area (Å²) in [7, 11) is 0. The number of esters is 1. The van der Waals surface area contributed by atoms with Gasteiger partial charge in [-0.1, -0.05) is 6.07 Å². The topological polar surface area (TPSA) is 90.9 Å². The molecule has 10 heteroatoms. The van der Waals surface area contributed by atoms with Crippen LogP contribution in [0, 0.1) is 28.5 Å². The van der Waals surface area contributed by atoms with E-state index in [2.05, 4.69) is 0 Å². The summed E-state index contributed by atoms with van der Waals surface area (Å²) in [6, 6.07) is 9.57. The highest BCUT2D eigenvalue weighted by Gasteiger charge is 2.53. The van der Waals surface area contributed by atoms with Crippen LogP contribution in [-0.4, -0.2) is 23.1 Å². The van der Waals surface area contributed by atoms with Gasteiger partial charge in [-0.25, -0.2) is 4.39 Å². The first-order valence-electron chi connectivity index (χ1n) is 8.71. The van der Waals surface area contributed by atoms with Crippen molar-refractivity contribution in [1.82, 2.24) is 0 Å². The molecule has 3 rings (SSSR count). The molecule has 31 heavy (non-hydrogen) atoms. The number of carbonyl (C=O) groups excluding carboxylic acids is 2. The Morgan fingerprint density at radius 1 is 1.10 bits per heavy atom. The van der Waals surface area contributed by atoms with Crippen LogP contribution in [0.4, 0.5) is 17.6 Å². The van der Waals surface area contributed by atoms with Gasteiger partial charge in [0.15, 0.2) is 11.4 Å². The Bertz CT molecular complexity index is 1170. The van der Waals surface area contributed by atoms with Gasteiger partial charge in [0.25, 0.3) is 0 Å². The number of hydrogen-bond donors (Lipinski definition) is 0. The van der Waals surface area contributed by atoms with Crippen LogP contribution in [0.1, 0.15) is 35.1 Å². The monoisotopic (exact) mass is 448 g/mol. The minimum Gasteiger partial charge on any atom is -0.450 e. The molecular formula is C21H12F4N2O3S. The van der Waals surface area contributed by atoms with Crippen molar-refractivity contribution < 1.29 is 31.9 Å². The van der Waals surface area contributed by atoms with E-state index in [1.807, 2.05) is 0 Å². The number of halogens is 4. The van der Waals surface area contributed by atoms with Gasteiger partial charge in [-0.05, 0) is 42.8 Å². The fraction of sp³-hybridized carbons (Fsp3) is 0.238. The van der Waals surface area contributed by atoms with Crippen molar-refractivity contribution in [2.45, 2.75) is 29.5 Å². The van der Waals surface area contributed by atoms with Crippen LogP contribution in [0.5, 0.6) is 0 Å². The molecule has 2 aromatic carbocycles. The number of ether oxygens (including phenoxy) is 1. The summed E-state index contributed by atoms with van der Waals surface area (Å²) in [5.41, 5.74) is -3.90. The molecule has 0 aromatic heterocycles. The zero-order chi connectivity index (χ0) is 23.0.